The first-order chi connectivity index (χ1) is 7.67. The van der Waals surface area contributed by atoms with Crippen LogP contribution >= 0.6 is 11.8 Å². The zero-order valence-corrected chi connectivity index (χ0v) is 11.2. The molecule has 0 amide bonds. The van der Waals surface area contributed by atoms with Gasteiger partial charge in [-0.2, -0.15) is 0 Å². The number of nitrogens with one attached hydrogen (secondary N) is 1. The first-order valence-corrected chi connectivity index (χ1v) is 7.09. The van der Waals surface area contributed by atoms with Gasteiger partial charge < -0.3 is 10.1 Å². The minimum Gasteiger partial charge on any atom is -0.381 e. The van der Waals surface area contributed by atoms with E-state index in [1.54, 1.807) is 7.11 Å². The monoisotopic (exact) mass is 242 g/mol. The molecule has 0 aromatic rings. The summed E-state index contributed by atoms with van der Waals surface area (Å²) >= 11 is 1.88. The van der Waals surface area contributed by atoms with Crippen molar-refractivity contribution < 1.29 is 4.74 Å². The molecule has 1 aliphatic carbocycles. The Balaban J connectivity index is 1.91. The minimum atomic E-state index is 0.429. The number of hydrogen-bond donors (Lipinski definition) is 1. The summed E-state index contributed by atoms with van der Waals surface area (Å²) in [5, 5.41) is 5.31. The second-order valence-corrected chi connectivity index (χ2v) is 6.40. The molecular weight excluding hydrogens is 220 g/mol. The smallest absolute Gasteiger partial charge is 0.157 e. The average Bonchev–Trinajstić information content (AvgIpc) is 2.64. The first kappa shape index (κ1) is 12.2. The third-order valence-corrected chi connectivity index (χ3v) is 4.40. The Bertz CT molecular complexity index is 258. The summed E-state index contributed by atoms with van der Waals surface area (Å²) in [6.07, 6.45) is 5.08. The third-order valence-electron chi connectivity index (χ3n) is 3.36. The van der Waals surface area contributed by atoms with Gasteiger partial charge in [0.15, 0.2) is 5.17 Å². The van der Waals surface area contributed by atoms with Crippen molar-refractivity contribution in [2.75, 3.05) is 7.11 Å². The van der Waals surface area contributed by atoms with Crippen LogP contribution in [0.25, 0.3) is 0 Å². The van der Waals surface area contributed by atoms with Crippen molar-refractivity contribution in [3.8, 4) is 0 Å². The van der Waals surface area contributed by atoms with E-state index in [4.69, 9.17) is 9.73 Å². The number of rotatable bonds is 2. The molecule has 0 aromatic heterocycles. The fourth-order valence-corrected chi connectivity index (χ4v) is 3.77. The van der Waals surface area contributed by atoms with Gasteiger partial charge in [0.2, 0.25) is 0 Å². The standard InChI is InChI=1S/C12H22N2OS/c1-8-6-9(2)16-12(13-8)14-10-4-5-11(7-10)15-3/h8-11H,4-7H2,1-3H3,(H,13,14). The van der Waals surface area contributed by atoms with Crippen molar-refractivity contribution >= 4 is 16.9 Å². The van der Waals surface area contributed by atoms with Crippen LogP contribution in [0, 0.1) is 0 Å². The second kappa shape index (κ2) is 5.41. The summed E-state index contributed by atoms with van der Waals surface area (Å²) < 4.78 is 5.38. The van der Waals surface area contributed by atoms with Crippen LogP contribution in [0.5, 0.6) is 0 Å². The van der Waals surface area contributed by atoms with E-state index in [0.29, 0.717) is 23.4 Å². The molecule has 1 saturated carbocycles. The number of nitrogens with zero attached hydrogens (tertiary/aromatic N) is 1. The number of hydrogen-bond acceptors (Lipinski definition) is 3. The number of thioether (sulfide) groups is 1. The number of amidine groups is 1. The second-order valence-electron chi connectivity index (χ2n) is 4.97. The zero-order chi connectivity index (χ0) is 11.5. The van der Waals surface area contributed by atoms with Gasteiger partial charge in [-0.25, -0.2) is 0 Å². The highest BCUT2D eigenvalue weighted by molar-refractivity contribution is 8.14. The summed E-state index contributed by atoms with van der Waals surface area (Å²) in [6, 6.07) is 1.03. The lowest BCUT2D eigenvalue weighted by Crippen LogP contribution is -2.39. The highest BCUT2D eigenvalue weighted by atomic mass is 32.2. The van der Waals surface area contributed by atoms with Gasteiger partial charge in [-0.05, 0) is 32.6 Å². The Morgan fingerprint density at radius 2 is 2.12 bits per heavy atom. The molecule has 2 aliphatic rings. The van der Waals surface area contributed by atoms with Crippen LogP contribution in [0.3, 0.4) is 0 Å². The van der Waals surface area contributed by atoms with Crippen molar-refractivity contribution in [3.05, 3.63) is 0 Å². The summed E-state index contributed by atoms with van der Waals surface area (Å²) in [7, 11) is 1.80. The molecule has 1 N–H and O–H groups in total. The SMILES string of the molecule is COC1CCC(N=C2NC(C)CC(C)S2)C1. The Kier molecular flexibility index (Phi) is 4.14. The van der Waals surface area contributed by atoms with Crippen LogP contribution < -0.4 is 5.32 Å². The van der Waals surface area contributed by atoms with Gasteiger partial charge in [-0.15, -0.1) is 0 Å². The molecule has 4 unspecified atom stereocenters. The Morgan fingerprint density at radius 3 is 2.75 bits per heavy atom. The van der Waals surface area contributed by atoms with Gasteiger partial charge in [-0.1, -0.05) is 18.7 Å². The molecule has 4 heteroatoms. The Labute approximate surface area is 102 Å². The van der Waals surface area contributed by atoms with Crippen LogP contribution in [0.1, 0.15) is 39.5 Å². The van der Waals surface area contributed by atoms with Crippen molar-refractivity contribution in [1.29, 1.82) is 0 Å². The predicted octanol–water partition coefficient (Wildman–Crippen LogP) is 2.41. The van der Waals surface area contributed by atoms with E-state index in [-0.39, 0.29) is 0 Å². The molecule has 4 atom stereocenters. The van der Waals surface area contributed by atoms with Crippen molar-refractivity contribution in [1.82, 2.24) is 5.32 Å². The van der Waals surface area contributed by atoms with Gasteiger partial charge in [0.25, 0.3) is 0 Å². The highest BCUT2D eigenvalue weighted by Crippen LogP contribution is 2.27. The van der Waals surface area contributed by atoms with Crippen molar-refractivity contribution in [2.45, 2.75) is 63.0 Å². The molecule has 16 heavy (non-hydrogen) atoms. The fourth-order valence-electron chi connectivity index (χ4n) is 2.52. The normalized spacial score (nSPS) is 42.3. The maximum Gasteiger partial charge on any atom is 0.157 e. The zero-order valence-electron chi connectivity index (χ0n) is 10.4. The molecule has 3 nitrogen and oxygen atoms in total. The maximum absolute atomic E-state index is 5.38. The summed E-state index contributed by atoms with van der Waals surface area (Å²) in [5.41, 5.74) is 0. The van der Waals surface area contributed by atoms with Gasteiger partial charge >= 0.3 is 0 Å². The lowest BCUT2D eigenvalue weighted by Gasteiger charge is -2.27. The molecule has 1 aliphatic heterocycles. The summed E-state index contributed by atoms with van der Waals surface area (Å²) in [6.45, 7) is 4.52. The summed E-state index contributed by atoms with van der Waals surface area (Å²) in [5.74, 6) is 0. The van der Waals surface area contributed by atoms with E-state index < -0.39 is 0 Å². The molecule has 0 bridgehead atoms. The molecular formula is C12H22N2OS. The molecule has 92 valence electrons. The minimum absolute atomic E-state index is 0.429. The van der Waals surface area contributed by atoms with Crippen LogP contribution in [0.15, 0.2) is 4.99 Å². The average molecular weight is 242 g/mol. The third kappa shape index (κ3) is 3.14. The van der Waals surface area contributed by atoms with E-state index >= 15 is 0 Å². The first-order valence-electron chi connectivity index (χ1n) is 6.21. The van der Waals surface area contributed by atoms with Crippen molar-refractivity contribution in [3.63, 3.8) is 0 Å². The van der Waals surface area contributed by atoms with Crippen LogP contribution in [-0.2, 0) is 4.74 Å². The highest BCUT2D eigenvalue weighted by Gasteiger charge is 2.26. The quantitative estimate of drug-likeness (QED) is 0.807. The Morgan fingerprint density at radius 1 is 1.31 bits per heavy atom. The van der Waals surface area contributed by atoms with E-state index in [0.717, 1.165) is 18.0 Å². The van der Waals surface area contributed by atoms with Gasteiger partial charge in [0.05, 0.1) is 12.1 Å². The topological polar surface area (TPSA) is 33.6 Å². The van der Waals surface area contributed by atoms with Crippen LogP contribution in [0.4, 0.5) is 0 Å². The lowest BCUT2D eigenvalue weighted by molar-refractivity contribution is 0.108. The van der Waals surface area contributed by atoms with Crippen molar-refractivity contribution in [2.24, 2.45) is 4.99 Å². The van der Waals surface area contributed by atoms with E-state index in [2.05, 4.69) is 19.2 Å². The summed E-state index contributed by atoms with van der Waals surface area (Å²) in [4.78, 5) is 4.82. The predicted molar refractivity (Wildman–Crippen MR) is 70.1 cm³/mol. The maximum atomic E-state index is 5.38. The fraction of sp³-hybridized carbons (Fsp3) is 0.917. The Hall–Kier alpha value is -0.220. The van der Waals surface area contributed by atoms with E-state index in [1.807, 2.05) is 11.8 Å². The van der Waals surface area contributed by atoms with Gasteiger partial charge in [0, 0.05) is 18.4 Å². The van der Waals surface area contributed by atoms with Gasteiger partial charge in [-0.3, -0.25) is 4.99 Å². The van der Waals surface area contributed by atoms with E-state index in [9.17, 15) is 0 Å². The van der Waals surface area contributed by atoms with E-state index in [1.165, 1.54) is 12.8 Å². The number of ether oxygens (including phenoxy) is 1. The lowest BCUT2D eigenvalue weighted by atomic mass is 10.2. The van der Waals surface area contributed by atoms with Crippen LogP contribution in [0.2, 0.25) is 0 Å². The molecule has 0 aromatic carbocycles. The largest absolute Gasteiger partial charge is 0.381 e. The molecule has 0 spiro atoms. The van der Waals surface area contributed by atoms with Gasteiger partial charge in [0.1, 0.15) is 0 Å². The molecule has 0 radical (unpaired) electrons. The molecule has 2 rings (SSSR count). The molecule has 2 fully saturated rings. The van der Waals surface area contributed by atoms with Crippen LogP contribution in [-0.4, -0.2) is 35.7 Å². The number of aliphatic imine (C=N–C) groups is 1. The number of methoxy groups -OCH3 is 1. The molecule has 1 heterocycles. The molecule has 1 saturated heterocycles.